The number of nitrogens with zero attached hydrogens (tertiary/aromatic N) is 4. The minimum Gasteiger partial charge on any atom is -0.309 e. The number of nitrogens with one attached hydrogen (secondary N) is 1. The number of hydrogen-bond acceptors (Lipinski definition) is 3. The van der Waals surface area contributed by atoms with Gasteiger partial charge in [-0.25, -0.2) is 0 Å². The van der Waals surface area contributed by atoms with Gasteiger partial charge in [-0.1, -0.05) is 20.8 Å². The predicted octanol–water partition coefficient (Wildman–Crippen LogP) is 2.60. The van der Waals surface area contributed by atoms with E-state index >= 15 is 0 Å². The summed E-state index contributed by atoms with van der Waals surface area (Å²) in [4.78, 5) is 0. The summed E-state index contributed by atoms with van der Waals surface area (Å²) in [6.45, 7) is 10.2. The molecule has 0 saturated heterocycles. The zero-order valence-corrected chi connectivity index (χ0v) is 12.9. The fraction of sp³-hybridized carbons (Fsp3) is 0.600. The summed E-state index contributed by atoms with van der Waals surface area (Å²) in [5.41, 5.74) is 2.12. The molecule has 0 fully saturated rings. The Morgan fingerprint density at radius 1 is 1.10 bits per heavy atom. The SMILES string of the molecule is CCC(C)n1ccc(Cn2ccc(CNC(C)C)n2)n1. The average Bonchev–Trinajstić information content (AvgIpc) is 3.05. The molecule has 5 nitrogen and oxygen atoms in total. The van der Waals surface area contributed by atoms with Crippen LogP contribution in [0.25, 0.3) is 0 Å². The Labute approximate surface area is 121 Å². The molecule has 0 aliphatic carbocycles. The zero-order chi connectivity index (χ0) is 14.5. The molecule has 110 valence electrons. The molecule has 1 unspecified atom stereocenters. The quantitative estimate of drug-likeness (QED) is 0.845. The van der Waals surface area contributed by atoms with Crippen LogP contribution in [-0.4, -0.2) is 25.6 Å². The van der Waals surface area contributed by atoms with E-state index in [-0.39, 0.29) is 0 Å². The van der Waals surface area contributed by atoms with Crippen molar-refractivity contribution in [1.29, 1.82) is 0 Å². The third-order valence-electron chi connectivity index (χ3n) is 3.42. The first-order valence-electron chi connectivity index (χ1n) is 7.38. The standard InChI is InChI=1S/C15H25N5/c1-5-13(4)20-9-7-15(18-20)11-19-8-6-14(17-19)10-16-12(2)3/h6-9,12-13,16H,5,10-11H2,1-4H3. The summed E-state index contributed by atoms with van der Waals surface area (Å²) >= 11 is 0. The van der Waals surface area contributed by atoms with Crippen LogP contribution in [-0.2, 0) is 13.1 Å². The van der Waals surface area contributed by atoms with Crippen molar-refractivity contribution in [2.75, 3.05) is 0 Å². The molecule has 2 aromatic heterocycles. The Morgan fingerprint density at radius 2 is 1.85 bits per heavy atom. The average molecular weight is 275 g/mol. The van der Waals surface area contributed by atoms with Gasteiger partial charge in [0, 0.05) is 31.0 Å². The normalized spacial score (nSPS) is 13.1. The van der Waals surface area contributed by atoms with Gasteiger partial charge in [0.15, 0.2) is 0 Å². The van der Waals surface area contributed by atoms with Crippen LogP contribution >= 0.6 is 0 Å². The number of aromatic nitrogens is 4. The highest BCUT2D eigenvalue weighted by Gasteiger charge is 2.06. The lowest BCUT2D eigenvalue weighted by molar-refractivity contribution is 0.470. The van der Waals surface area contributed by atoms with E-state index in [0.29, 0.717) is 12.1 Å². The van der Waals surface area contributed by atoms with Crippen LogP contribution in [0.1, 0.15) is 51.5 Å². The Morgan fingerprint density at radius 3 is 2.55 bits per heavy atom. The molecule has 0 radical (unpaired) electrons. The van der Waals surface area contributed by atoms with Crippen molar-refractivity contribution in [1.82, 2.24) is 24.9 Å². The van der Waals surface area contributed by atoms with Crippen LogP contribution in [0.4, 0.5) is 0 Å². The summed E-state index contributed by atoms with van der Waals surface area (Å²) in [6.07, 6.45) is 5.15. The van der Waals surface area contributed by atoms with Gasteiger partial charge >= 0.3 is 0 Å². The molecule has 0 bridgehead atoms. The minimum atomic E-state index is 0.451. The maximum Gasteiger partial charge on any atom is 0.0849 e. The van der Waals surface area contributed by atoms with Crippen LogP contribution in [0.2, 0.25) is 0 Å². The highest BCUT2D eigenvalue weighted by Crippen LogP contribution is 2.10. The smallest absolute Gasteiger partial charge is 0.0849 e. The molecular weight excluding hydrogens is 250 g/mol. The van der Waals surface area contributed by atoms with Gasteiger partial charge in [0.05, 0.1) is 17.9 Å². The van der Waals surface area contributed by atoms with E-state index in [0.717, 1.165) is 30.9 Å². The van der Waals surface area contributed by atoms with Gasteiger partial charge in [-0.3, -0.25) is 9.36 Å². The van der Waals surface area contributed by atoms with Gasteiger partial charge in [0.1, 0.15) is 0 Å². The van der Waals surface area contributed by atoms with E-state index in [4.69, 9.17) is 0 Å². The highest BCUT2D eigenvalue weighted by atomic mass is 15.3. The van der Waals surface area contributed by atoms with Crippen molar-refractivity contribution in [2.24, 2.45) is 0 Å². The monoisotopic (exact) mass is 275 g/mol. The minimum absolute atomic E-state index is 0.451. The lowest BCUT2D eigenvalue weighted by atomic mass is 10.3. The molecule has 0 saturated carbocycles. The summed E-state index contributed by atoms with van der Waals surface area (Å²) in [5.74, 6) is 0. The summed E-state index contributed by atoms with van der Waals surface area (Å²) in [6, 6.07) is 5.06. The highest BCUT2D eigenvalue weighted by molar-refractivity contribution is 5.03. The third kappa shape index (κ3) is 3.93. The number of rotatable bonds is 7. The second-order valence-corrected chi connectivity index (χ2v) is 5.58. The molecule has 1 N–H and O–H groups in total. The first-order valence-corrected chi connectivity index (χ1v) is 7.38. The fourth-order valence-electron chi connectivity index (χ4n) is 1.95. The second kappa shape index (κ2) is 6.70. The molecule has 2 heterocycles. The van der Waals surface area contributed by atoms with E-state index in [9.17, 15) is 0 Å². The molecule has 0 amide bonds. The number of hydrogen-bond donors (Lipinski definition) is 1. The van der Waals surface area contributed by atoms with Gasteiger partial charge < -0.3 is 5.32 Å². The summed E-state index contributed by atoms with van der Waals surface area (Å²) < 4.78 is 3.97. The summed E-state index contributed by atoms with van der Waals surface area (Å²) in [5, 5.41) is 12.5. The van der Waals surface area contributed by atoms with Gasteiger partial charge in [-0.15, -0.1) is 0 Å². The Kier molecular flexibility index (Phi) is 4.95. The van der Waals surface area contributed by atoms with Crippen molar-refractivity contribution >= 4 is 0 Å². The van der Waals surface area contributed by atoms with Crippen molar-refractivity contribution in [3.63, 3.8) is 0 Å². The summed E-state index contributed by atoms with van der Waals surface area (Å²) in [7, 11) is 0. The van der Waals surface area contributed by atoms with Crippen LogP contribution < -0.4 is 5.32 Å². The lowest BCUT2D eigenvalue weighted by Crippen LogP contribution is -2.22. The molecule has 2 aromatic rings. The van der Waals surface area contributed by atoms with E-state index in [2.05, 4.69) is 55.3 Å². The molecule has 0 aromatic carbocycles. The zero-order valence-electron chi connectivity index (χ0n) is 12.9. The van der Waals surface area contributed by atoms with E-state index in [1.165, 1.54) is 0 Å². The molecular formula is C15H25N5. The molecule has 1 atom stereocenters. The molecule has 0 aliphatic heterocycles. The second-order valence-electron chi connectivity index (χ2n) is 5.58. The Bertz CT molecular complexity index is 526. The van der Waals surface area contributed by atoms with Crippen molar-refractivity contribution in [3.05, 3.63) is 35.9 Å². The Hall–Kier alpha value is -1.62. The van der Waals surface area contributed by atoms with E-state index < -0.39 is 0 Å². The molecule has 0 spiro atoms. The third-order valence-corrected chi connectivity index (χ3v) is 3.42. The largest absolute Gasteiger partial charge is 0.309 e. The van der Waals surface area contributed by atoms with E-state index in [1.54, 1.807) is 0 Å². The first kappa shape index (κ1) is 14.8. The fourth-order valence-corrected chi connectivity index (χ4v) is 1.95. The van der Waals surface area contributed by atoms with Gasteiger partial charge in [0.25, 0.3) is 0 Å². The Balaban J connectivity index is 1.94. The van der Waals surface area contributed by atoms with Crippen LogP contribution in [0.15, 0.2) is 24.5 Å². The topological polar surface area (TPSA) is 47.7 Å². The van der Waals surface area contributed by atoms with Crippen molar-refractivity contribution < 1.29 is 0 Å². The van der Waals surface area contributed by atoms with Crippen molar-refractivity contribution in [3.8, 4) is 0 Å². The van der Waals surface area contributed by atoms with Gasteiger partial charge in [-0.2, -0.15) is 10.2 Å². The molecule has 0 aliphatic rings. The van der Waals surface area contributed by atoms with E-state index in [1.807, 2.05) is 21.8 Å². The maximum atomic E-state index is 4.60. The molecule has 5 heteroatoms. The molecule has 2 rings (SSSR count). The maximum absolute atomic E-state index is 4.60. The lowest BCUT2D eigenvalue weighted by Gasteiger charge is -2.08. The van der Waals surface area contributed by atoms with Crippen LogP contribution in [0.5, 0.6) is 0 Å². The van der Waals surface area contributed by atoms with Crippen molar-refractivity contribution in [2.45, 2.75) is 59.3 Å². The van der Waals surface area contributed by atoms with Crippen LogP contribution in [0.3, 0.4) is 0 Å². The predicted molar refractivity (Wildman–Crippen MR) is 80.5 cm³/mol. The first-order chi connectivity index (χ1) is 9.58. The van der Waals surface area contributed by atoms with Gasteiger partial charge in [0.2, 0.25) is 0 Å². The van der Waals surface area contributed by atoms with Gasteiger partial charge in [-0.05, 0) is 25.5 Å². The van der Waals surface area contributed by atoms with Crippen LogP contribution in [0, 0.1) is 0 Å². The molecule has 20 heavy (non-hydrogen) atoms.